The zero-order valence-corrected chi connectivity index (χ0v) is 22.5. The van der Waals surface area contributed by atoms with Gasteiger partial charge in [0.1, 0.15) is 17.0 Å². The maximum Gasteiger partial charge on any atom is 0.393 e. The minimum Gasteiger partial charge on any atom is -0.382 e. The third kappa shape index (κ3) is 7.94. The van der Waals surface area contributed by atoms with E-state index in [0.717, 1.165) is 43.6 Å². The van der Waals surface area contributed by atoms with Crippen molar-refractivity contribution in [2.45, 2.75) is 95.1 Å². The molecular formula is C27H35ClF3N5S. The molecular weight excluding hydrogens is 519 g/mol. The topological polar surface area (TPSA) is 61.9 Å². The van der Waals surface area contributed by atoms with Gasteiger partial charge in [0.2, 0.25) is 0 Å². The van der Waals surface area contributed by atoms with Crippen molar-refractivity contribution < 1.29 is 13.2 Å². The molecule has 2 aliphatic carbocycles. The lowest BCUT2D eigenvalue weighted by atomic mass is 9.90. The van der Waals surface area contributed by atoms with E-state index in [1.807, 2.05) is 0 Å². The monoisotopic (exact) mass is 553 g/mol. The summed E-state index contributed by atoms with van der Waals surface area (Å²) in [7, 11) is 0. The maximum atomic E-state index is 12.8. The molecule has 5 rings (SSSR count). The molecule has 10 heteroatoms. The van der Waals surface area contributed by atoms with E-state index < -0.39 is 12.6 Å². The molecule has 1 aromatic carbocycles. The van der Waals surface area contributed by atoms with E-state index in [0.29, 0.717) is 28.1 Å². The standard InChI is InChI=1S/C27H34F3N5S.ClH/c28-27(29,30)15-23-14-24-25(32-17-33-26(24)36-23)35-22-8-4-7-21(13-22)31-16-18-9-11-20(12-10-18)34-19-5-2-1-3-6-19;/h9-12,14,17,19,21-22,31,34H,1-8,13,15-16H2,(H,32,33,35);1H/t21-,22+;/m0./s1. The zero-order chi connectivity index (χ0) is 25.0. The predicted octanol–water partition coefficient (Wildman–Crippen LogP) is 7.48. The summed E-state index contributed by atoms with van der Waals surface area (Å²) in [6, 6.07) is 11.6. The van der Waals surface area contributed by atoms with E-state index in [4.69, 9.17) is 0 Å². The van der Waals surface area contributed by atoms with Crippen LogP contribution >= 0.6 is 23.7 Å². The van der Waals surface area contributed by atoms with Crippen molar-refractivity contribution in [2.75, 3.05) is 10.6 Å². The van der Waals surface area contributed by atoms with Crippen LogP contribution in [0.15, 0.2) is 36.7 Å². The highest BCUT2D eigenvalue weighted by atomic mass is 35.5. The van der Waals surface area contributed by atoms with E-state index in [-0.39, 0.29) is 23.3 Å². The van der Waals surface area contributed by atoms with Crippen molar-refractivity contribution >= 4 is 45.5 Å². The number of thiophene rings is 1. The number of nitrogens with zero attached hydrogens (tertiary/aromatic N) is 2. The number of benzene rings is 1. The minimum atomic E-state index is -4.23. The first-order valence-corrected chi connectivity index (χ1v) is 13.9. The average Bonchev–Trinajstić information content (AvgIpc) is 3.26. The van der Waals surface area contributed by atoms with Gasteiger partial charge in [0.25, 0.3) is 0 Å². The molecule has 0 bridgehead atoms. The van der Waals surface area contributed by atoms with Crippen LogP contribution in [0.3, 0.4) is 0 Å². The summed E-state index contributed by atoms with van der Waals surface area (Å²) in [5, 5.41) is 11.6. The van der Waals surface area contributed by atoms with Crippen molar-refractivity contribution in [1.29, 1.82) is 0 Å². The molecule has 2 atom stereocenters. The molecule has 0 aliphatic heterocycles. The van der Waals surface area contributed by atoms with Crippen LogP contribution in [0.25, 0.3) is 10.2 Å². The van der Waals surface area contributed by atoms with Gasteiger partial charge in [-0.3, -0.25) is 0 Å². The highest BCUT2D eigenvalue weighted by molar-refractivity contribution is 7.18. The summed E-state index contributed by atoms with van der Waals surface area (Å²) in [5.41, 5.74) is 2.47. The van der Waals surface area contributed by atoms with Crippen LogP contribution in [0.1, 0.15) is 68.2 Å². The fraction of sp³-hybridized carbons (Fsp3) is 0.556. The summed E-state index contributed by atoms with van der Waals surface area (Å²) in [4.78, 5) is 9.41. The number of hydrogen-bond acceptors (Lipinski definition) is 6. The number of aromatic nitrogens is 2. The molecule has 2 saturated carbocycles. The van der Waals surface area contributed by atoms with Crippen LogP contribution in [0.5, 0.6) is 0 Å². The fourth-order valence-corrected chi connectivity index (χ4v) is 6.49. The minimum absolute atomic E-state index is 0. The molecule has 2 aromatic heterocycles. The molecule has 0 spiro atoms. The van der Waals surface area contributed by atoms with E-state index in [1.54, 1.807) is 6.07 Å². The third-order valence-corrected chi connectivity index (χ3v) is 8.34. The molecule has 0 amide bonds. The number of hydrogen-bond donors (Lipinski definition) is 3. The van der Waals surface area contributed by atoms with Gasteiger partial charge in [0.05, 0.1) is 11.8 Å². The lowest BCUT2D eigenvalue weighted by Crippen LogP contribution is -2.38. The predicted molar refractivity (Wildman–Crippen MR) is 148 cm³/mol. The summed E-state index contributed by atoms with van der Waals surface area (Å²) in [6.45, 7) is 0.824. The lowest BCUT2D eigenvalue weighted by molar-refractivity contribution is -0.126. The van der Waals surface area contributed by atoms with E-state index in [1.165, 1.54) is 49.7 Å². The first kappa shape index (κ1) is 27.9. The van der Waals surface area contributed by atoms with Gasteiger partial charge in [0.15, 0.2) is 0 Å². The van der Waals surface area contributed by atoms with Gasteiger partial charge in [0, 0.05) is 35.2 Å². The molecule has 3 aromatic rings. The Morgan fingerprint density at radius 3 is 2.35 bits per heavy atom. The van der Waals surface area contributed by atoms with Crippen LogP contribution in [-0.2, 0) is 13.0 Å². The first-order valence-electron chi connectivity index (χ1n) is 13.1. The molecule has 3 N–H and O–H groups in total. The Labute approximate surface area is 226 Å². The number of anilines is 2. The second-order valence-corrected chi connectivity index (χ2v) is 11.3. The Bertz CT molecular complexity index is 1130. The number of nitrogens with one attached hydrogen (secondary N) is 3. The molecule has 0 radical (unpaired) electrons. The molecule has 0 saturated heterocycles. The van der Waals surface area contributed by atoms with Crippen LogP contribution in [0.4, 0.5) is 24.7 Å². The summed E-state index contributed by atoms with van der Waals surface area (Å²) in [6.07, 6.45) is 7.00. The third-order valence-electron chi connectivity index (χ3n) is 7.29. The van der Waals surface area contributed by atoms with E-state index in [2.05, 4.69) is 50.2 Å². The molecule has 5 nitrogen and oxygen atoms in total. The first-order chi connectivity index (χ1) is 17.4. The lowest BCUT2D eigenvalue weighted by Gasteiger charge is -2.31. The average molecular weight is 554 g/mol. The second kappa shape index (κ2) is 12.6. The molecule has 2 fully saturated rings. The van der Waals surface area contributed by atoms with Gasteiger partial charge in [-0.2, -0.15) is 13.2 Å². The summed E-state index contributed by atoms with van der Waals surface area (Å²) < 4.78 is 38.5. The largest absolute Gasteiger partial charge is 0.393 e. The van der Waals surface area contributed by atoms with Crippen LogP contribution in [-0.4, -0.2) is 34.3 Å². The van der Waals surface area contributed by atoms with Gasteiger partial charge >= 0.3 is 6.18 Å². The van der Waals surface area contributed by atoms with Crippen molar-refractivity contribution in [3.8, 4) is 0 Å². The van der Waals surface area contributed by atoms with E-state index >= 15 is 0 Å². The highest BCUT2D eigenvalue weighted by Crippen LogP contribution is 2.33. The van der Waals surface area contributed by atoms with Crippen molar-refractivity contribution in [3.63, 3.8) is 0 Å². The Morgan fingerprint density at radius 2 is 1.59 bits per heavy atom. The number of rotatable bonds is 8. The van der Waals surface area contributed by atoms with Gasteiger partial charge in [-0.15, -0.1) is 23.7 Å². The smallest absolute Gasteiger partial charge is 0.382 e. The normalized spacial score (nSPS) is 20.9. The van der Waals surface area contributed by atoms with Crippen molar-refractivity contribution in [1.82, 2.24) is 15.3 Å². The molecule has 2 aliphatic rings. The SMILES string of the molecule is Cl.FC(F)(F)Cc1cc2c(N[C@@H]3CCC[C@H](NCc4ccc(NC5CCCCC5)cc4)C3)ncnc2s1. The number of halogens is 4. The van der Waals surface area contributed by atoms with Crippen LogP contribution in [0, 0.1) is 0 Å². The molecule has 0 unspecified atom stereocenters. The van der Waals surface area contributed by atoms with Gasteiger partial charge < -0.3 is 16.0 Å². The van der Waals surface area contributed by atoms with Gasteiger partial charge in [-0.1, -0.05) is 31.4 Å². The number of alkyl halides is 3. The maximum absolute atomic E-state index is 12.8. The Hall–Kier alpha value is -2.10. The Morgan fingerprint density at radius 1 is 0.865 bits per heavy atom. The quantitative estimate of drug-likeness (QED) is 0.270. The van der Waals surface area contributed by atoms with Gasteiger partial charge in [-0.05, 0) is 62.3 Å². The second-order valence-electron chi connectivity index (χ2n) is 10.2. The molecule has 202 valence electrons. The molecule has 37 heavy (non-hydrogen) atoms. The van der Waals surface area contributed by atoms with Gasteiger partial charge in [-0.25, -0.2) is 9.97 Å². The van der Waals surface area contributed by atoms with Crippen molar-refractivity contribution in [2.24, 2.45) is 0 Å². The van der Waals surface area contributed by atoms with Crippen molar-refractivity contribution in [3.05, 3.63) is 47.1 Å². The fourth-order valence-electron chi connectivity index (χ4n) is 5.47. The summed E-state index contributed by atoms with van der Waals surface area (Å²) >= 11 is 1.09. The van der Waals surface area contributed by atoms with Crippen LogP contribution < -0.4 is 16.0 Å². The summed E-state index contributed by atoms with van der Waals surface area (Å²) in [5.74, 6) is 0.636. The Balaban J connectivity index is 0.00000320. The van der Waals surface area contributed by atoms with E-state index in [9.17, 15) is 13.2 Å². The number of fused-ring (bicyclic) bond motifs is 1. The molecule has 2 heterocycles. The Kier molecular flexibility index (Phi) is 9.53. The highest BCUT2D eigenvalue weighted by Gasteiger charge is 2.29. The zero-order valence-electron chi connectivity index (χ0n) is 20.8. The van der Waals surface area contributed by atoms with Crippen LogP contribution in [0.2, 0.25) is 0 Å².